The van der Waals surface area contributed by atoms with Crippen molar-refractivity contribution in [2.75, 3.05) is 0 Å². The monoisotopic (exact) mass is 327 g/mol. The molecule has 98 valence electrons. The fraction of sp³-hybridized carbons (Fsp3) is 0. The first kappa shape index (κ1) is 12.7. The Bertz CT molecular complexity index is 736. The van der Waals surface area contributed by atoms with Gasteiger partial charge in [0, 0.05) is 16.2 Å². The Morgan fingerprint density at radius 3 is 2.50 bits per heavy atom. The second-order valence-electron chi connectivity index (χ2n) is 4.18. The van der Waals surface area contributed by atoms with Crippen LogP contribution in [-0.2, 0) is 0 Å². The van der Waals surface area contributed by atoms with Gasteiger partial charge in [0.15, 0.2) is 12.1 Å². The molecule has 4 nitrogen and oxygen atoms in total. The molecule has 1 aromatic carbocycles. The molecule has 3 rings (SSSR count). The zero-order chi connectivity index (χ0) is 13.9. The number of aldehydes is 1. The minimum atomic E-state index is 0.543. The summed E-state index contributed by atoms with van der Waals surface area (Å²) < 4.78 is 2.57. The molecule has 0 radical (unpaired) electrons. The summed E-state index contributed by atoms with van der Waals surface area (Å²) in [5.74, 6) is 0.667. The van der Waals surface area contributed by atoms with E-state index in [9.17, 15) is 4.79 Å². The van der Waals surface area contributed by atoms with Gasteiger partial charge in [-0.25, -0.2) is 9.67 Å². The van der Waals surface area contributed by atoms with Crippen LogP contribution in [0.1, 0.15) is 10.4 Å². The molecule has 0 unspecified atom stereocenters. The molecule has 5 heteroatoms. The fourth-order valence-electron chi connectivity index (χ4n) is 2.00. The maximum absolute atomic E-state index is 11.2. The third-order valence-corrected chi connectivity index (χ3v) is 3.37. The van der Waals surface area contributed by atoms with Gasteiger partial charge in [-0.15, -0.1) is 0 Å². The molecule has 0 fully saturated rings. The van der Waals surface area contributed by atoms with Crippen LogP contribution in [0.25, 0.3) is 17.1 Å². The molecule has 0 aliphatic heterocycles. The summed E-state index contributed by atoms with van der Waals surface area (Å²) in [4.78, 5) is 15.5. The molecule has 0 aliphatic rings. The molecule has 0 saturated carbocycles. The van der Waals surface area contributed by atoms with E-state index in [-0.39, 0.29) is 0 Å². The Morgan fingerprint density at radius 2 is 1.85 bits per heavy atom. The quantitative estimate of drug-likeness (QED) is 0.691. The van der Waals surface area contributed by atoms with Crippen LogP contribution in [0.3, 0.4) is 0 Å². The van der Waals surface area contributed by atoms with Crippen LogP contribution in [0.5, 0.6) is 0 Å². The summed E-state index contributed by atoms with van der Waals surface area (Å²) >= 11 is 3.35. The van der Waals surface area contributed by atoms with Crippen LogP contribution in [0, 0.1) is 0 Å². The lowest BCUT2D eigenvalue weighted by Gasteiger charge is -2.07. The van der Waals surface area contributed by atoms with Crippen LogP contribution < -0.4 is 0 Å². The van der Waals surface area contributed by atoms with Gasteiger partial charge in [-0.2, -0.15) is 5.10 Å². The molecule has 0 N–H and O–H groups in total. The average Bonchev–Trinajstić information content (AvgIpc) is 2.93. The Labute approximate surface area is 124 Å². The lowest BCUT2D eigenvalue weighted by molar-refractivity contribution is 0.112. The lowest BCUT2D eigenvalue weighted by Crippen LogP contribution is -2.02. The van der Waals surface area contributed by atoms with Gasteiger partial charge in [-0.05, 0) is 28.1 Å². The molecule has 0 saturated heterocycles. The van der Waals surface area contributed by atoms with Crippen LogP contribution >= 0.6 is 15.9 Å². The van der Waals surface area contributed by atoms with E-state index in [0.29, 0.717) is 11.4 Å². The first-order chi connectivity index (χ1) is 9.79. The summed E-state index contributed by atoms with van der Waals surface area (Å²) in [6.07, 6.45) is 4.07. The lowest BCUT2D eigenvalue weighted by atomic mass is 10.1. The van der Waals surface area contributed by atoms with Gasteiger partial charge in [0.05, 0.1) is 17.5 Å². The smallest absolute Gasteiger partial charge is 0.154 e. The summed E-state index contributed by atoms with van der Waals surface area (Å²) in [6.45, 7) is 0. The van der Waals surface area contributed by atoms with Crippen molar-refractivity contribution in [1.29, 1.82) is 0 Å². The zero-order valence-electron chi connectivity index (χ0n) is 10.4. The molecule has 0 amide bonds. The van der Waals surface area contributed by atoms with Gasteiger partial charge in [0.25, 0.3) is 0 Å². The summed E-state index contributed by atoms with van der Waals surface area (Å²) in [6, 6.07) is 13.4. The number of halogens is 1. The number of pyridine rings is 1. The molecule has 3 aromatic rings. The molecule has 0 bridgehead atoms. The van der Waals surface area contributed by atoms with E-state index < -0.39 is 0 Å². The Balaban J connectivity index is 2.20. The minimum absolute atomic E-state index is 0.543. The number of hydrogen-bond acceptors (Lipinski definition) is 3. The average molecular weight is 328 g/mol. The maximum atomic E-state index is 11.2. The standard InChI is InChI=1S/C15H10BrN3O/c16-13-6-7-14(17-9-13)19-15(12(10-20)8-18-19)11-4-2-1-3-5-11/h1-10H. The maximum Gasteiger partial charge on any atom is 0.154 e. The van der Waals surface area contributed by atoms with Crippen molar-refractivity contribution >= 4 is 22.2 Å². The van der Waals surface area contributed by atoms with E-state index >= 15 is 0 Å². The number of carbonyl (C=O) groups is 1. The topological polar surface area (TPSA) is 47.8 Å². The summed E-state index contributed by atoms with van der Waals surface area (Å²) in [5.41, 5.74) is 2.22. The third kappa shape index (κ3) is 2.28. The van der Waals surface area contributed by atoms with Crippen molar-refractivity contribution in [3.8, 4) is 17.1 Å². The highest BCUT2D eigenvalue weighted by Crippen LogP contribution is 2.25. The second-order valence-corrected chi connectivity index (χ2v) is 5.09. The first-order valence-corrected chi connectivity index (χ1v) is 6.79. The predicted molar refractivity (Wildman–Crippen MR) is 79.9 cm³/mol. The SMILES string of the molecule is O=Cc1cnn(-c2ccc(Br)cn2)c1-c1ccccc1. The van der Waals surface area contributed by atoms with Crippen molar-refractivity contribution < 1.29 is 4.79 Å². The van der Waals surface area contributed by atoms with Crippen molar-refractivity contribution in [1.82, 2.24) is 14.8 Å². The largest absolute Gasteiger partial charge is 0.298 e. The van der Waals surface area contributed by atoms with Crippen molar-refractivity contribution in [3.05, 3.63) is 64.9 Å². The highest BCUT2D eigenvalue weighted by molar-refractivity contribution is 9.10. The van der Waals surface area contributed by atoms with Gasteiger partial charge in [-0.3, -0.25) is 4.79 Å². The fourth-order valence-corrected chi connectivity index (χ4v) is 2.23. The van der Waals surface area contributed by atoms with E-state index in [1.54, 1.807) is 17.1 Å². The molecule has 0 spiro atoms. The van der Waals surface area contributed by atoms with Crippen molar-refractivity contribution in [2.45, 2.75) is 0 Å². The molecular formula is C15H10BrN3O. The van der Waals surface area contributed by atoms with Crippen LogP contribution in [-0.4, -0.2) is 21.1 Å². The summed E-state index contributed by atoms with van der Waals surface area (Å²) in [5, 5.41) is 4.27. The van der Waals surface area contributed by atoms with Gasteiger partial charge < -0.3 is 0 Å². The van der Waals surface area contributed by atoms with Gasteiger partial charge in [0.1, 0.15) is 0 Å². The van der Waals surface area contributed by atoms with E-state index in [2.05, 4.69) is 26.0 Å². The van der Waals surface area contributed by atoms with Gasteiger partial charge >= 0.3 is 0 Å². The second kappa shape index (κ2) is 5.38. The number of carbonyl (C=O) groups excluding carboxylic acids is 1. The molecule has 0 atom stereocenters. The zero-order valence-corrected chi connectivity index (χ0v) is 12.0. The van der Waals surface area contributed by atoms with Gasteiger partial charge in [0.2, 0.25) is 0 Å². The van der Waals surface area contributed by atoms with E-state index in [1.807, 2.05) is 42.5 Å². The van der Waals surface area contributed by atoms with E-state index in [0.717, 1.165) is 22.0 Å². The van der Waals surface area contributed by atoms with Crippen LogP contribution in [0.15, 0.2) is 59.3 Å². The van der Waals surface area contributed by atoms with E-state index in [4.69, 9.17) is 0 Å². The number of rotatable bonds is 3. The molecule has 2 heterocycles. The van der Waals surface area contributed by atoms with E-state index in [1.165, 1.54) is 0 Å². The highest BCUT2D eigenvalue weighted by Gasteiger charge is 2.14. The van der Waals surface area contributed by atoms with Crippen LogP contribution in [0.2, 0.25) is 0 Å². The summed E-state index contributed by atoms with van der Waals surface area (Å²) in [7, 11) is 0. The van der Waals surface area contributed by atoms with Gasteiger partial charge in [-0.1, -0.05) is 30.3 Å². The number of benzene rings is 1. The Hall–Kier alpha value is -2.27. The molecule has 20 heavy (non-hydrogen) atoms. The Kier molecular flexibility index (Phi) is 3.43. The predicted octanol–water partition coefficient (Wildman–Crippen LogP) is 3.51. The minimum Gasteiger partial charge on any atom is -0.298 e. The number of hydrogen-bond donors (Lipinski definition) is 0. The highest BCUT2D eigenvalue weighted by atomic mass is 79.9. The number of nitrogens with zero attached hydrogens (tertiary/aromatic N) is 3. The molecule has 2 aromatic heterocycles. The third-order valence-electron chi connectivity index (χ3n) is 2.90. The van der Waals surface area contributed by atoms with Crippen molar-refractivity contribution in [3.63, 3.8) is 0 Å². The normalized spacial score (nSPS) is 10.4. The number of aromatic nitrogens is 3. The first-order valence-electron chi connectivity index (χ1n) is 6.00. The van der Waals surface area contributed by atoms with Crippen LogP contribution in [0.4, 0.5) is 0 Å². The Morgan fingerprint density at radius 1 is 1.05 bits per heavy atom. The molecular weight excluding hydrogens is 318 g/mol. The molecule has 0 aliphatic carbocycles. The van der Waals surface area contributed by atoms with Crippen molar-refractivity contribution in [2.24, 2.45) is 0 Å².